The minimum Gasteiger partial charge on any atom is -0.497 e. The lowest BCUT2D eigenvalue weighted by molar-refractivity contribution is -0.122. The van der Waals surface area contributed by atoms with E-state index < -0.39 is 0 Å². The number of aryl methyl sites for hydroxylation is 1. The summed E-state index contributed by atoms with van der Waals surface area (Å²) < 4.78 is 5.38. The summed E-state index contributed by atoms with van der Waals surface area (Å²) in [6.07, 6.45) is 7.18. The molecular formula is C20H24O2. The van der Waals surface area contributed by atoms with Crippen molar-refractivity contribution in [2.45, 2.75) is 57.8 Å². The third-order valence-electron chi connectivity index (χ3n) is 6.15. The number of allylic oxidation sites excluding steroid dienone is 2. The smallest absolute Gasteiger partial charge is 0.134 e. The third-order valence-corrected chi connectivity index (χ3v) is 6.15. The van der Waals surface area contributed by atoms with Crippen LogP contribution in [0.4, 0.5) is 0 Å². The molecular weight excluding hydrogens is 272 g/mol. The molecule has 0 N–H and O–H groups in total. The molecule has 0 aromatic heterocycles. The van der Waals surface area contributed by atoms with Gasteiger partial charge in [0.2, 0.25) is 0 Å². The first-order valence-electron chi connectivity index (χ1n) is 8.52. The fourth-order valence-corrected chi connectivity index (χ4v) is 5.03. The molecule has 0 radical (unpaired) electrons. The molecule has 0 bridgehead atoms. The first kappa shape index (κ1) is 14.0. The van der Waals surface area contributed by atoms with Crippen molar-refractivity contribution in [3.63, 3.8) is 0 Å². The molecule has 2 heteroatoms. The summed E-state index contributed by atoms with van der Waals surface area (Å²) in [4.78, 5) is 11.9. The molecule has 22 heavy (non-hydrogen) atoms. The molecule has 2 nitrogen and oxygen atoms in total. The molecule has 1 saturated carbocycles. The van der Waals surface area contributed by atoms with Crippen LogP contribution in [0.25, 0.3) is 0 Å². The summed E-state index contributed by atoms with van der Waals surface area (Å²) >= 11 is 0. The fraction of sp³-hybridized carbons (Fsp3) is 0.550. The Balaban J connectivity index is 1.77. The van der Waals surface area contributed by atoms with Crippen LogP contribution in [0.3, 0.4) is 0 Å². The Morgan fingerprint density at radius 2 is 2.05 bits per heavy atom. The van der Waals surface area contributed by atoms with Crippen LogP contribution < -0.4 is 4.74 Å². The molecule has 3 aliphatic carbocycles. The minimum absolute atomic E-state index is 0.158. The fourth-order valence-electron chi connectivity index (χ4n) is 5.03. The average molecular weight is 296 g/mol. The average Bonchev–Trinajstić information content (AvgIpc) is 2.52. The lowest BCUT2D eigenvalue weighted by atomic mass is 9.58. The Morgan fingerprint density at radius 3 is 2.86 bits per heavy atom. The monoisotopic (exact) mass is 296 g/mol. The lowest BCUT2D eigenvalue weighted by Gasteiger charge is -2.46. The van der Waals surface area contributed by atoms with Crippen molar-refractivity contribution >= 4 is 5.78 Å². The number of ether oxygens (including phenoxy) is 1. The maximum Gasteiger partial charge on any atom is 0.134 e. The van der Waals surface area contributed by atoms with Crippen molar-refractivity contribution in [2.24, 2.45) is 5.41 Å². The van der Waals surface area contributed by atoms with E-state index in [2.05, 4.69) is 25.1 Å². The number of Topliss-reactive ketones (excluding diaryl/α,β-unsaturated/α-hetero) is 1. The zero-order chi connectivity index (χ0) is 15.3. The van der Waals surface area contributed by atoms with E-state index in [1.807, 2.05) is 0 Å². The van der Waals surface area contributed by atoms with E-state index in [9.17, 15) is 4.79 Å². The van der Waals surface area contributed by atoms with Gasteiger partial charge in [0, 0.05) is 18.8 Å². The molecule has 0 heterocycles. The Hall–Kier alpha value is -1.57. The number of rotatable bonds is 1. The van der Waals surface area contributed by atoms with Gasteiger partial charge in [-0.2, -0.15) is 0 Å². The lowest BCUT2D eigenvalue weighted by Crippen LogP contribution is -2.35. The van der Waals surface area contributed by atoms with Gasteiger partial charge in [-0.25, -0.2) is 0 Å². The summed E-state index contributed by atoms with van der Waals surface area (Å²) in [5.41, 5.74) is 6.42. The molecule has 0 aliphatic heterocycles. The first-order chi connectivity index (χ1) is 10.6. The van der Waals surface area contributed by atoms with Gasteiger partial charge in [0.25, 0.3) is 0 Å². The van der Waals surface area contributed by atoms with Gasteiger partial charge in [-0.3, -0.25) is 4.79 Å². The molecule has 2 atom stereocenters. The van der Waals surface area contributed by atoms with Crippen LogP contribution in [0, 0.1) is 5.41 Å². The van der Waals surface area contributed by atoms with E-state index >= 15 is 0 Å². The Morgan fingerprint density at radius 1 is 1.18 bits per heavy atom. The van der Waals surface area contributed by atoms with Crippen LogP contribution in [0.5, 0.6) is 5.75 Å². The molecule has 1 aromatic rings. The van der Waals surface area contributed by atoms with Gasteiger partial charge in [0.1, 0.15) is 11.5 Å². The Kier molecular flexibility index (Phi) is 3.18. The van der Waals surface area contributed by atoms with Crippen LogP contribution in [0.1, 0.15) is 62.5 Å². The van der Waals surface area contributed by atoms with Crippen molar-refractivity contribution in [3.05, 3.63) is 40.5 Å². The minimum atomic E-state index is 0.158. The van der Waals surface area contributed by atoms with Crippen molar-refractivity contribution in [2.75, 3.05) is 7.11 Å². The molecule has 1 fully saturated rings. The van der Waals surface area contributed by atoms with E-state index in [-0.39, 0.29) is 5.41 Å². The topological polar surface area (TPSA) is 26.3 Å². The van der Waals surface area contributed by atoms with Crippen LogP contribution in [0.15, 0.2) is 29.3 Å². The van der Waals surface area contributed by atoms with Gasteiger partial charge in [0.05, 0.1) is 7.11 Å². The van der Waals surface area contributed by atoms with Crippen LogP contribution in [0.2, 0.25) is 0 Å². The highest BCUT2D eigenvalue weighted by Gasteiger charge is 2.43. The van der Waals surface area contributed by atoms with E-state index in [0.29, 0.717) is 11.7 Å². The summed E-state index contributed by atoms with van der Waals surface area (Å²) in [5, 5.41) is 0. The zero-order valence-electron chi connectivity index (χ0n) is 13.6. The standard InChI is InChI=1S/C20H24O2/c1-20-10-9-17-16-7-5-15(22-2)11-13(16)3-6-18(17)19(20)8-4-14(21)12-20/h5,7,11,17H,3-4,6,8-10,12H2,1-2H3/t17-,20+/m0/s1. The highest BCUT2D eigenvalue weighted by atomic mass is 16.5. The second-order valence-electron chi connectivity index (χ2n) is 7.44. The Bertz CT molecular complexity index is 670. The highest BCUT2D eigenvalue weighted by Crippen LogP contribution is 2.55. The molecule has 4 rings (SSSR count). The van der Waals surface area contributed by atoms with E-state index in [1.165, 1.54) is 24.0 Å². The van der Waals surface area contributed by atoms with E-state index in [0.717, 1.165) is 37.9 Å². The largest absolute Gasteiger partial charge is 0.497 e. The molecule has 0 saturated heterocycles. The molecule has 116 valence electrons. The number of hydrogen-bond acceptors (Lipinski definition) is 2. The SMILES string of the molecule is COc1ccc2c(c1)CCC1=C3CCC(=O)C[C@@]3(C)CC[C@H]12. The highest BCUT2D eigenvalue weighted by molar-refractivity contribution is 5.81. The quantitative estimate of drug-likeness (QED) is 0.709. The van der Waals surface area contributed by atoms with Crippen molar-refractivity contribution in [1.29, 1.82) is 0 Å². The summed E-state index contributed by atoms with van der Waals surface area (Å²) in [6.45, 7) is 2.33. The second kappa shape index (κ2) is 4.97. The molecule has 0 amide bonds. The predicted molar refractivity (Wildman–Crippen MR) is 87.3 cm³/mol. The van der Waals surface area contributed by atoms with E-state index in [1.54, 1.807) is 18.3 Å². The van der Waals surface area contributed by atoms with Gasteiger partial charge >= 0.3 is 0 Å². The zero-order valence-corrected chi connectivity index (χ0v) is 13.6. The van der Waals surface area contributed by atoms with Crippen LogP contribution in [-0.4, -0.2) is 12.9 Å². The van der Waals surface area contributed by atoms with Crippen molar-refractivity contribution in [1.82, 2.24) is 0 Å². The van der Waals surface area contributed by atoms with Crippen molar-refractivity contribution in [3.8, 4) is 5.75 Å². The summed E-state index contributed by atoms with van der Waals surface area (Å²) in [6, 6.07) is 6.59. The van der Waals surface area contributed by atoms with Gasteiger partial charge in [-0.1, -0.05) is 24.1 Å². The molecule has 1 aromatic carbocycles. The van der Waals surface area contributed by atoms with Gasteiger partial charge < -0.3 is 4.74 Å². The summed E-state index contributed by atoms with van der Waals surface area (Å²) in [5.74, 6) is 2.02. The molecule has 0 spiro atoms. The van der Waals surface area contributed by atoms with Crippen molar-refractivity contribution < 1.29 is 9.53 Å². The number of methoxy groups -OCH3 is 1. The maximum absolute atomic E-state index is 11.9. The van der Waals surface area contributed by atoms with Crippen LogP contribution >= 0.6 is 0 Å². The number of carbonyl (C=O) groups excluding carboxylic acids is 1. The number of carbonyl (C=O) groups is 1. The van der Waals surface area contributed by atoms with Gasteiger partial charge in [0.15, 0.2) is 0 Å². The number of ketones is 1. The number of fused-ring (bicyclic) bond motifs is 4. The predicted octanol–water partition coefficient (Wildman–Crippen LogP) is 4.57. The van der Waals surface area contributed by atoms with Crippen LogP contribution in [-0.2, 0) is 11.2 Å². The second-order valence-corrected chi connectivity index (χ2v) is 7.44. The summed E-state index contributed by atoms with van der Waals surface area (Å²) in [7, 11) is 1.74. The van der Waals surface area contributed by atoms with Gasteiger partial charge in [-0.15, -0.1) is 0 Å². The third kappa shape index (κ3) is 2.04. The number of benzene rings is 1. The first-order valence-corrected chi connectivity index (χ1v) is 8.52. The number of hydrogen-bond donors (Lipinski definition) is 0. The van der Waals surface area contributed by atoms with E-state index in [4.69, 9.17) is 4.74 Å². The Labute approximate surface area is 132 Å². The molecule has 0 unspecified atom stereocenters. The van der Waals surface area contributed by atoms with Gasteiger partial charge in [-0.05, 0) is 60.8 Å². The maximum atomic E-state index is 11.9. The molecule has 3 aliphatic rings. The normalized spacial score (nSPS) is 30.5.